The normalized spacial score (nSPS) is 10.4. The first-order chi connectivity index (χ1) is 7.54. The largest absolute Gasteiger partial charge is 0.478 e. The third-order valence-electron chi connectivity index (χ3n) is 2.08. The Morgan fingerprint density at radius 3 is 2.81 bits per heavy atom. The maximum Gasteiger partial charge on any atom is 0.339 e. The van der Waals surface area contributed by atoms with Crippen molar-refractivity contribution in [3.05, 3.63) is 23.7 Å². The summed E-state index contributed by atoms with van der Waals surface area (Å²) in [7, 11) is 3.26. The van der Waals surface area contributed by atoms with Crippen molar-refractivity contribution in [3.63, 3.8) is 0 Å². The summed E-state index contributed by atoms with van der Waals surface area (Å²) < 4.78 is 5.06. The van der Waals surface area contributed by atoms with Crippen molar-refractivity contribution in [2.24, 2.45) is 0 Å². The Bertz CT molecular complexity index is 386. The number of carbonyl (C=O) groups is 2. The summed E-state index contributed by atoms with van der Waals surface area (Å²) in [5.41, 5.74) is 0.128. The smallest absolute Gasteiger partial charge is 0.339 e. The molecule has 0 saturated heterocycles. The third kappa shape index (κ3) is 3.09. The number of furan rings is 1. The average Bonchev–Trinajstić information content (AvgIpc) is 2.65. The fraction of sp³-hybridized carbons (Fsp3) is 0.400. The molecule has 1 heterocycles. The first-order valence-corrected chi connectivity index (χ1v) is 4.73. The molecule has 1 aromatic heterocycles. The lowest BCUT2D eigenvalue weighted by molar-refractivity contribution is -0.121. The second-order valence-corrected chi connectivity index (χ2v) is 3.41. The van der Waals surface area contributed by atoms with Crippen LogP contribution >= 0.6 is 0 Å². The van der Waals surface area contributed by atoms with E-state index in [0.29, 0.717) is 5.76 Å². The van der Waals surface area contributed by atoms with Crippen LogP contribution in [0, 0.1) is 0 Å². The highest BCUT2D eigenvalue weighted by atomic mass is 16.4. The highest BCUT2D eigenvalue weighted by Crippen LogP contribution is 2.12. The molecule has 1 rings (SSSR count). The van der Waals surface area contributed by atoms with E-state index in [1.54, 1.807) is 19.0 Å². The van der Waals surface area contributed by atoms with E-state index in [2.05, 4.69) is 5.32 Å². The molecular weight excluding hydrogens is 212 g/mol. The van der Waals surface area contributed by atoms with Crippen molar-refractivity contribution in [3.8, 4) is 0 Å². The standard InChI is InChI=1S/C10H14N2O4/c1-11-9(13)6-12(2)5-8-7(10(14)15)3-4-16-8/h3-4H,5-6H2,1-2H3,(H,11,13)(H,14,15). The molecule has 1 aromatic rings. The molecule has 0 spiro atoms. The predicted molar refractivity (Wildman–Crippen MR) is 56.1 cm³/mol. The molecule has 2 N–H and O–H groups in total. The maximum absolute atomic E-state index is 11.1. The summed E-state index contributed by atoms with van der Waals surface area (Å²) in [6.45, 7) is 0.471. The van der Waals surface area contributed by atoms with E-state index in [0.717, 1.165) is 0 Å². The Hall–Kier alpha value is -1.82. The number of nitrogens with one attached hydrogen (secondary N) is 1. The molecule has 0 aliphatic carbocycles. The van der Waals surface area contributed by atoms with Crippen LogP contribution in [0.3, 0.4) is 0 Å². The maximum atomic E-state index is 11.1. The summed E-state index contributed by atoms with van der Waals surface area (Å²) >= 11 is 0. The summed E-state index contributed by atoms with van der Waals surface area (Å²) in [4.78, 5) is 23.5. The zero-order valence-electron chi connectivity index (χ0n) is 9.19. The van der Waals surface area contributed by atoms with Crippen LogP contribution in [-0.2, 0) is 11.3 Å². The highest BCUT2D eigenvalue weighted by Gasteiger charge is 2.15. The number of hydrogen-bond donors (Lipinski definition) is 2. The van der Waals surface area contributed by atoms with Gasteiger partial charge in [0, 0.05) is 7.05 Å². The van der Waals surface area contributed by atoms with Crippen LogP contribution in [0.2, 0.25) is 0 Å². The van der Waals surface area contributed by atoms with E-state index in [4.69, 9.17) is 9.52 Å². The van der Waals surface area contributed by atoms with E-state index in [-0.39, 0.29) is 24.6 Å². The van der Waals surface area contributed by atoms with Crippen molar-refractivity contribution in [2.75, 3.05) is 20.6 Å². The van der Waals surface area contributed by atoms with Gasteiger partial charge in [-0.15, -0.1) is 0 Å². The number of aromatic carboxylic acids is 1. The van der Waals surface area contributed by atoms with Crippen LogP contribution in [0.15, 0.2) is 16.7 Å². The Morgan fingerprint density at radius 1 is 1.56 bits per heavy atom. The summed E-state index contributed by atoms with van der Waals surface area (Å²) in [6, 6.07) is 1.39. The van der Waals surface area contributed by atoms with Gasteiger partial charge in [-0.25, -0.2) is 4.79 Å². The SMILES string of the molecule is CNC(=O)CN(C)Cc1occc1C(=O)O. The van der Waals surface area contributed by atoms with E-state index < -0.39 is 5.97 Å². The minimum atomic E-state index is -1.03. The zero-order chi connectivity index (χ0) is 12.1. The average molecular weight is 226 g/mol. The molecule has 0 bridgehead atoms. The molecule has 1 amide bonds. The van der Waals surface area contributed by atoms with Crippen molar-refractivity contribution in [2.45, 2.75) is 6.54 Å². The second kappa shape index (κ2) is 5.32. The highest BCUT2D eigenvalue weighted by molar-refractivity contribution is 5.88. The molecule has 0 aromatic carbocycles. The number of amides is 1. The fourth-order valence-corrected chi connectivity index (χ4v) is 1.28. The molecule has 0 saturated carbocycles. The molecule has 0 unspecified atom stereocenters. The van der Waals surface area contributed by atoms with Crippen LogP contribution in [-0.4, -0.2) is 42.5 Å². The summed E-state index contributed by atoms with van der Waals surface area (Å²) in [5, 5.41) is 11.3. The lowest BCUT2D eigenvalue weighted by Gasteiger charge is -2.14. The van der Waals surface area contributed by atoms with E-state index in [1.807, 2.05) is 0 Å². The number of nitrogens with zero attached hydrogens (tertiary/aromatic N) is 1. The topological polar surface area (TPSA) is 82.8 Å². The first kappa shape index (κ1) is 12.3. The molecule has 6 heteroatoms. The molecule has 0 radical (unpaired) electrons. The number of rotatable bonds is 5. The van der Waals surface area contributed by atoms with Gasteiger partial charge >= 0.3 is 5.97 Å². The van der Waals surface area contributed by atoms with Gasteiger partial charge in [0.15, 0.2) is 0 Å². The number of likely N-dealkylation sites (N-methyl/N-ethyl adjacent to an activating group) is 2. The molecule has 16 heavy (non-hydrogen) atoms. The lowest BCUT2D eigenvalue weighted by atomic mass is 10.2. The van der Waals surface area contributed by atoms with Crippen molar-refractivity contribution in [1.29, 1.82) is 0 Å². The van der Waals surface area contributed by atoms with Crippen LogP contribution in [0.4, 0.5) is 0 Å². The van der Waals surface area contributed by atoms with Gasteiger partial charge in [0.1, 0.15) is 11.3 Å². The van der Waals surface area contributed by atoms with Crippen LogP contribution in [0.25, 0.3) is 0 Å². The van der Waals surface area contributed by atoms with Crippen LogP contribution in [0.1, 0.15) is 16.1 Å². The van der Waals surface area contributed by atoms with Crippen molar-refractivity contribution < 1.29 is 19.1 Å². The molecule has 6 nitrogen and oxygen atoms in total. The van der Waals surface area contributed by atoms with Crippen molar-refractivity contribution in [1.82, 2.24) is 10.2 Å². The predicted octanol–water partition coefficient (Wildman–Crippen LogP) is 0.156. The van der Waals surface area contributed by atoms with Crippen LogP contribution < -0.4 is 5.32 Å². The van der Waals surface area contributed by atoms with Gasteiger partial charge in [0.25, 0.3) is 0 Å². The zero-order valence-corrected chi connectivity index (χ0v) is 9.19. The Morgan fingerprint density at radius 2 is 2.25 bits per heavy atom. The minimum Gasteiger partial charge on any atom is -0.478 e. The lowest BCUT2D eigenvalue weighted by Crippen LogP contribution is -2.32. The Balaban J connectivity index is 2.62. The third-order valence-corrected chi connectivity index (χ3v) is 2.08. The van der Waals surface area contributed by atoms with Gasteiger partial charge in [-0.3, -0.25) is 9.69 Å². The molecule has 0 atom stereocenters. The molecule has 0 fully saturated rings. The quantitative estimate of drug-likeness (QED) is 0.747. The fourth-order valence-electron chi connectivity index (χ4n) is 1.28. The van der Waals surface area contributed by atoms with Crippen LogP contribution in [0.5, 0.6) is 0 Å². The van der Waals surface area contributed by atoms with Gasteiger partial charge < -0.3 is 14.8 Å². The Kier molecular flexibility index (Phi) is 4.07. The van der Waals surface area contributed by atoms with Gasteiger partial charge in [-0.2, -0.15) is 0 Å². The molecular formula is C10H14N2O4. The van der Waals surface area contributed by atoms with E-state index >= 15 is 0 Å². The van der Waals surface area contributed by atoms with E-state index in [1.165, 1.54) is 12.3 Å². The number of carboxylic acids is 1. The van der Waals surface area contributed by atoms with Gasteiger partial charge in [-0.1, -0.05) is 0 Å². The minimum absolute atomic E-state index is 0.128. The van der Waals surface area contributed by atoms with E-state index in [9.17, 15) is 9.59 Å². The number of hydrogen-bond acceptors (Lipinski definition) is 4. The van der Waals surface area contributed by atoms with Crippen molar-refractivity contribution >= 4 is 11.9 Å². The van der Waals surface area contributed by atoms with Gasteiger partial charge in [-0.05, 0) is 13.1 Å². The van der Waals surface area contributed by atoms with Gasteiger partial charge in [0.2, 0.25) is 5.91 Å². The summed E-state index contributed by atoms with van der Waals surface area (Å²) in [6.07, 6.45) is 1.33. The molecule has 88 valence electrons. The first-order valence-electron chi connectivity index (χ1n) is 4.73. The number of carboxylic acid groups (broad SMARTS) is 1. The van der Waals surface area contributed by atoms with Gasteiger partial charge in [0.05, 0.1) is 19.4 Å². The monoisotopic (exact) mass is 226 g/mol. The second-order valence-electron chi connectivity index (χ2n) is 3.41. The Labute approximate surface area is 92.8 Å². The number of carbonyl (C=O) groups excluding carboxylic acids is 1. The molecule has 0 aliphatic heterocycles. The summed E-state index contributed by atoms with van der Waals surface area (Å²) in [5.74, 6) is -0.818. The molecule has 0 aliphatic rings.